The third-order valence-electron chi connectivity index (χ3n) is 9.34. The first kappa shape index (κ1) is 25.4. The number of alkyl halides is 2. The van der Waals surface area contributed by atoms with E-state index in [2.05, 4.69) is 20.8 Å². The molecule has 3 aliphatic carbocycles. The average Bonchev–Trinajstić information content (AvgIpc) is 2.79. The number of aliphatic hydroxyl groups excluding tert-OH is 1. The zero-order valence-corrected chi connectivity index (χ0v) is 20.3. The monoisotopic (exact) mass is 442 g/mol. The Morgan fingerprint density at radius 2 is 1.35 bits per heavy atom. The molecule has 3 saturated carbocycles. The van der Waals surface area contributed by atoms with Crippen LogP contribution in [0.25, 0.3) is 0 Å². The second-order valence-corrected chi connectivity index (χ2v) is 11.1. The van der Waals surface area contributed by atoms with Crippen LogP contribution < -0.4 is 0 Å². The van der Waals surface area contributed by atoms with Gasteiger partial charge in [0.05, 0.1) is 12.0 Å². The highest BCUT2D eigenvalue weighted by molar-refractivity contribution is 4.91. The van der Waals surface area contributed by atoms with Crippen LogP contribution in [-0.4, -0.2) is 23.9 Å². The molecule has 0 saturated heterocycles. The van der Waals surface area contributed by atoms with Gasteiger partial charge in [-0.05, 0) is 99.7 Å². The summed E-state index contributed by atoms with van der Waals surface area (Å²) in [5.74, 6) is 3.05. The molecule has 182 valence electrons. The minimum Gasteiger partial charge on any atom is -0.396 e. The average molecular weight is 443 g/mol. The summed E-state index contributed by atoms with van der Waals surface area (Å²) >= 11 is 0. The first-order chi connectivity index (χ1) is 14.9. The highest BCUT2D eigenvalue weighted by atomic mass is 19.3. The minimum absolute atomic E-state index is 0.279. The van der Waals surface area contributed by atoms with Gasteiger partial charge < -0.3 is 9.84 Å². The Morgan fingerprint density at radius 1 is 0.774 bits per heavy atom. The molecule has 0 heterocycles. The highest BCUT2D eigenvalue weighted by Crippen LogP contribution is 2.49. The van der Waals surface area contributed by atoms with Crippen molar-refractivity contribution >= 4 is 0 Å². The lowest BCUT2D eigenvalue weighted by Gasteiger charge is -2.46. The Kier molecular flexibility index (Phi) is 9.64. The zero-order valence-electron chi connectivity index (χ0n) is 20.3. The van der Waals surface area contributed by atoms with Gasteiger partial charge >= 0.3 is 6.11 Å². The van der Waals surface area contributed by atoms with Gasteiger partial charge in [0.1, 0.15) is 0 Å². The standard InChI is InChI=1S/C27H48F2O2/c1-4-7-19-8-11-23(12-9-19)27(28,29)31-24-13-15-26(22(6-3)17-24)25-14-10-20(18-30)16-21(25)5-2/h19-26,30H,4-18H2,1-3H3. The molecule has 1 N–H and O–H groups in total. The van der Waals surface area contributed by atoms with Crippen LogP contribution in [0.2, 0.25) is 0 Å². The van der Waals surface area contributed by atoms with Gasteiger partial charge in [0, 0.05) is 6.61 Å². The molecule has 0 aliphatic heterocycles. The topological polar surface area (TPSA) is 29.5 Å². The van der Waals surface area contributed by atoms with Gasteiger partial charge in [-0.15, -0.1) is 0 Å². The quantitative estimate of drug-likeness (QED) is 0.394. The fourth-order valence-corrected chi connectivity index (χ4v) is 7.48. The number of ether oxygens (including phenoxy) is 1. The second-order valence-electron chi connectivity index (χ2n) is 11.1. The minimum atomic E-state index is -2.96. The summed E-state index contributed by atoms with van der Waals surface area (Å²) in [6.07, 6.45) is 10.6. The molecule has 0 amide bonds. The third kappa shape index (κ3) is 6.43. The third-order valence-corrected chi connectivity index (χ3v) is 9.34. The molecule has 31 heavy (non-hydrogen) atoms. The van der Waals surface area contributed by atoms with E-state index in [9.17, 15) is 5.11 Å². The van der Waals surface area contributed by atoms with Crippen molar-refractivity contribution in [3.05, 3.63) is 0 Å². The fraction of sp³-hybridized carbons (Fsp3) is 1.00. The van der Waals surface area contributed by atoms with E-state index in [0.717, 1.165) is 57.8 Å². The van der Waals surface area contributed by atoms with Crippen molar-refractivity contribution in [3.63, 3.8) is 0 Å². The molecule has 0 aromatic rings. The molecule has 2 nitrogen and oxygen atoms in total. The lowest BCUT2D eigenvalue weighted by atomic mass is 9.61. The Morgan fingerprint density at radius 3 is 1.94 bits per heavy atom. The Hall–Kier alpha value is -0.220. The molecule has 3 fully saturated rings. The van der Waals surface area contributed by atoms with E-state index in [1.165, 1.54) is 19.3 Å². The molecule has 3 rings (SSSR count). The Bertz CT molecular complexity index is 517. The van der Waals surface area contributed by atoms with E-state index < -0.39 is 12.0 Å². The van der Waals surface area contributed by atoms with Gasteiger partial charge in [-0.25, -0.2) is 0 Å². The molecule has 4 heteroatoms. The van der Waals surface area contributed by atoms with Crippen molar-refractivity contribution in [2.24, 2.45) is 41.4 Å². The number of aliphatic hydroxyl groups is 1. The van der Waals surface area contributed by atoms with Crippen molar-refractivity contribution < 1.29 is 18.6 Å². The van der Waals surface area contributed by atoms with E-state index >= 15 is 8.78 Å². The number of halogens is 2. The lowest BCUT2D eigenvalue weighted by Crippen LogP contribution is -2.43. The van der Waals surface area contributed by atoms with Crippen molar-refractivity contribution in [2.45, 2.75) is 123 Å². The molecule has 0 aromatic heterocycles. The summed E-state index contributed by atoms with van der Waals surface area (Å²) in [6, 6.07) is 0. The molecule has 3 aliphatic rings. The number of hydrogen-bond donors (Lipinski definition) is 1. The first-order valence-electron chi connectivity index (χ1n) is 13.6. The molecule has 6 atom stereocenters. The van der Waals surface area contributed by atoms with Crippen LogP contribution in [-0.2, 0) is 4.74 Å². The van der Waals surface area contributed by atoms with Gasteiger partial charge in [-0.2, -0.15) is 8.78 Å². The van der Waals surface area contributed by atoms with E-state index in [1.54, 1.807) is 0 Å². The van der Waals surface area contributed by atoms with Gasteiger partial charge in [-0.3, -0.25) is 0 Å². The van der Waals surface area contributed by atoms with Gasteiger partial charge in [0.2, 0.25) is 0 Å². The molecule has 0 bridgehead atoms. The SMILES string of the molecule is CCCC1CCC(C(F)(F)OC2CCC(C3CCC(CO)CC3CC)C(CC)C2)CC1. The van der Waals surface area contributed by atoms with Crippen molar-refractivity contribution in [3.8, 4) is 0 Å². The lowest BCUT2D eigenvalue weighted by molar-refractivity contribution is -0.304. The summed E-state index contributed by atoms with van der Waals surface area (Å²) in [5.41, 5.74) is 0. The Balaban J connectivity index is 1.54. The Labute approximate surface area is 189 Å². The fourth-order valence-electron chi connectivity index (χ4n) is 7.48. The maximum atomic E-state index is 15.0. The molecule has 0 radical (unpaired) electrons. The van der Waals surface area contributed by atoms with Gasteiger partial charge in [0.15, 0.2) is 0 Å². The second kappa shape index (κ2) is 11.8. The van der Waals surface area contributed by atoms with Crippen molar-refractivity contribution in [1.82, 2.24) is 0 Å². The maximum Gasteiger partial charge on any atom is 0.358 e. The smallest absolute Gasteiger partial charge is 0.358 e. The first-order valence-corrected chi connectivity index (χ1v) is 13.6. The predicted molar refractivity (Wildman–Crippen MR) is 123 cm³/mol. The number of hydrogen-bond acceptors (Lipinski definition) is 2. The number of rotatable bonds is 9. The van der Waals surface area contributed by atoms with Crippen molar-refractivity contribution in [2.75, 3.05) is 6.61 Å². The molecular formula is C27H48F2O2. The molecule has 0 spiro atoms. The van der Waals surface area contributed by atoms with Crippen LogP contribution in [0.3, 0.4) is 0 Å². The van der Waals surface area contributed by atoms with E-state index in [4.69, 9.17) is 4.74 Å². The molecule has 6 unspecified atom stereocenters. The summed E-state index contributed by atoms with van der Waals surface area (Å²) in [4.78, 5) is 0. The largest absolute Gasteiger partial charge is 0.396 e. The highest BCUT2D eigenvalue weighted by Gasteiger charge is 2.47. The summed E-state index contributed by atoms with van der Waals surface area (Å²) < 4.78 is 35.7. The molecule has 0 aromatic carbocycles. The van der Waals surface area contributed by atoms with Crippen molar-refractivity contribution in [1.29, 1.82) is 0 Å². The summed E-state index contributed by atoms with van der Waals surface area (Å²) in [6.45, 7) is 7.01. The van der Waals surface area contributed by atoms with Crippen LogP contribution in [0.5, 0.6) is 0 Å². The van der Waals surface area contributed by atoms with Crippen LogP contribution in [0, 0.1) is 41.4 Å². The predicted octanol–water partition coefficient (Wildman–Crippen LogP) is 7.83. The van der Waals surface area contributed by atoms with Crippen LogP contribution in [0.15, 0.2) is 0 Å². The van der Waals surface area contributed by atoms with Gasteiger partial charge in [-0.1, -0.05) is 46.5 Å². The van der Waals surface area contributed by atoms with E-state index in [0.29, 0.717) is 55.0 Å². The summed E-state index contributed by atoms with van der Waals surface area (Å²) in [7, 11) is 0. The van der Waals surface area contributed by atoms with Crippen LogP contribution >= 0.6 is 0 Å². The zero-order chi connectivity index (χ0) is 22.4. The van der Waals surface area contributed by atoms with E-state index in [-0.39, 0.29) is 6.10 Å². The van der Waals surface area contributed by atoms with Gasteiger partial charge in [0.25, 0.3) is 0 Å². The van der Waals surface area contributed by atoms with Crippen LogP contribution in [0.4, 0.5) is 8.78 Å². The summed E-state index contributed by atoms with van der Waals surface area (Å²) in [5, 5.41) is 9.60. The maximum absolute atomic E-state index is 15.0. The molecular weight excluding hydrogens is 394 g/mol. The van der Waals surface area contributed by atoms with E-state index in [1.807, 2.05) is 0 Å². The van der Waals surface area contributed by atoms with Crippen LogP contribution in [0.1, 0.15) is 111 Å². The normalized spacial score (nSPS) is 40.1.